The molecule has 2 amide bonds. The molecule has 0 radical (unpaired) electrons. The molecule has 148 valence electrons. The summed E-state index contributed by atoms with van der Waals surface area (Å²) in [6, 6.07) is 14.0. The van der Waals surface area contributed by atoms with Crippen LogP contribution in [0.4, 0.5) is 5.69 Å². The first-order valence-electron chi connectivity index (χ1n) is 9.51. The molecule has 0 aromatic heterocycles. The Balaban J connectivity index is 1.49. The van der Waals surface area contributed by atoms with Crippen molar-refractivity contribution < 1.29 is 19.1 Å². The minimum Gasteiger partial charge on any atom is -0.497 e. The monoisotopic (exact) mass is 382 g/mol. The fourth-order valence-corrected chi connectivity index (χ4v) is 3.11. The molecule has 0 atom stereocenters. The summed E-state index contributed by atoms with van der Waals surface area (Å²) in [6.45, 7) is 3.74. The molecule has 0 unspecified atom stereocenters. The van der Waals surface area contributed by atoms with Crippen molar-refractivity contribution in [2.45, 2.75) is 19.8 Å². The maximum absolute atomic E-state index is 12.6. The summed E-state index contributed by atoms with van der Waals surface area (Å²) in [5.41, 5.74) is 1.27. The lowest BCUT2D eigenvalue weighted by molar-refractivity contribution is -0.118. The van der Waals surface area contributed by atoms with Crippen LogP contribution in [-0.4, -0.2) is 43.5 Å². The Kier molecular flexibility index (Phi) is 6.53. The molecule has 28 heavy (non-hydrogen) atoms. The van der Waals surface area contributed by atoms with Crippen molar-refractivity contribution in [1.82, 2.24) is 4.90 Å². The van der Waals surface area contributed by atoms with Crippen molar-refractivity contribution in [3.8, 4) is 11.5 Å². The Morgan fingerprint density at radius 2 is 1.61 bits per heavy atom. The molecule has 1 heterocycles. The molecule has 1 N–H and O–H groups in total. The third kappa shape index (κ3) is 5.25. The molecule has 0 saturated carbocycles. The van der Waals surface area contributed by atoms with E-state index in [1.54, 1.807) is 55.6 Å². The van der Waals surface area contributed by atoms with Gasteiger partial charge >= 0.3 is 0 Å². The molecule has 0 bridgehead atoms. The molecule has 3 rings (SSSR count). The number of amides is 2. The van der Waals surface area contributed by atoms with E-state index in [0.717, 1.165) is 31.7 Å². The molecular weight excluding hydrogens is 356 g/mol. The van der Waals surface area contributed by atoms with Crippen LogP contribution in [0.1, 0.15) is 30.1 Å². The highest BCUT2D eigenvalue weighted by atomic mass is 16.5. The number of ether oxygens (including phenoxy) is 2. The Morgan fingerprint density at radius 3 is 2.21 bits per heavy atom. The van der Waals surface area contributed by atoms with Crippen LogP contribution in [0.2, 0.25) is 0 Å². The van der Waals surface area contributed by atoms with E-state index in [-0.39, 0.29) is 18.4 Å². The maximum Gasteiger partial charge on any atom is 0.262 e. The van der Waals surface area contributed by atoms with Crippen molar-refractivity contribution in [2.24, 2.45) is 5.92 Å². The van der Waals surface area contributed by atoms with Crippen molar-refractivity contribution in [3.05, 3.63) is 54.1 Å². The van der Waals surface area contributed by atoms with E-state index < -0.39 is 0 Å². The van der Waals surface area contributed by atoms with Gasteiger partial charge in [0.05, 0.1) is 7.11 Å². The predicted octanol–water partition coefficient (Wildman–Crippen LogP) is 3.58. The van der Waals surface area contributed by atoms with E-state index >= 15 is 0 Å². The highest BCUT2D eigenvalue weighted by Gasteiger charge is 2.21. The largest absolute Gasteiger partial charge is 0.497 e. The fourth-order valence-electron chi connectivity index (χ4n) is 3.11. The molecule has 6 heteroatoms. The number of carbonyl (C=O) groups is 2. The lowest BCUT2D eigenvalue weighted by Crippen LogP contribution is -2.37. The van der Waals surface area contributed by atoms with Gasteiger partial charge in [-0.2, -0.15) is 0 Å². The highest BCUT2D eigenvalue weighted by molar-refractivity contribution is 5.96. The second kappa shape index (κ2) is 9.26. The van der Waals surface area contributed by atoms with Crippen LogP contribution in [0, 0.1) is 5.92 Å². The smallest absolute Gasteiger partial charge is 0.262 e. The van der Waals surface area contributed by atoms with Crippen molar-refractivity contribution in [2.75, 3.05) is 32.1 Å². The molecule has 1 saturated heterocycles. The zero-order valence-electron chi connectivity index (χ0n) is 16.3. The molecule has 2 aromatic carbocycles. The first-order valence-corrected chi connectivity index (χ1v) is 9.51. The number of methoxy groups -OCH3 is 1. The van der Waals surface area contributed by atoms with E-state index in [4.69, 9.17) is 9.47 Å². The standard InChI is InChI=1S/C22H26N2O4/c1-16-11-13-24(14-12-16)22(26)17-3-5-18(6-4-17)23-21(25)15-28-20-9-7-19(27-2)8-10-20/h3-10,16H,11-15H2,1-2H3,(H,23,25). The Bertz CT molecular complexity index is 794. The highest BCUT2D eigenvalue weighted by Crippen LogP contribution is 2.19. The van der Waals surface area contributed by atoms with Crippen LogP contribution >= 0.6 is 0 Å². The number of anilines is 1. The van der Waals surface area contributed by atoms with Gasteiger partial charge in [0, 0.05) is 24.3 Å². The first-order chi connectivity index (χ1) is 13.5. The Morgan fingerprint density at radius 1 is 1.00 bits per heavy atom. The number of likely N-dealkylation sites (tertiary alicyclic amines) is 1. The van der Waals surface area contributed by atoms with Gasteiger partial charge in [-0.3, -0.25) is 9.59 Å². The van der Waals surface area contributed by atoms with Gasteiger partial charge in [-0.1, -0.05) is 6.92 Å². The van der Waals surface area contributed by atoms with E-state index in [1.807, 2.05) is 4.90 Å². The first kappa shape index (κ1) is 19.7. The summed E-state index contributed by atoms with van der Waals surface area (Å²) in [7, 11) is 1.59. The second-order valence-corrected chi connectivity index (χ2v) is 7.06. The van der Waals surface area contributed by atoms with Gasteiger partial charge in [-0.15, -0.1) is 0 Å². The topological polar surface area (TPSA) is 67.9 Å². The summed E-state index contributed by atoms with van der Waals surface area (Å²) in [5, 5.41) is 2.77. The van der Waals surface area contributed by atoms with E-state index in [2.05, 4.69) is 12.2 Å². The Labute approximate surface area is 165 Å². The number of benzene rings is 2. The predicted molar refractivity (Wildman–Crippen MR) is 108 cm³/mol. The zero-order chi connectivity index (χ0) is 19.9. The SMILES string of the molecule is COc1ccc(OCC(=O)Nc2ccc(C(=O)N3CCC(C)CC3)cc2)cc1. The summed E-state index contributed by atoms with van der Waals surface area (Å²) >= 11 is 0. The third-order valence-corrected chi connectivity index (χ3v) is 4.92. The minimum atomic E-state index is -0.264. The average Bonchev–Trinajstić information content (AvgIpc) is 2.73. The third-order valence-electron chi connectivity index (χ3n) is 4.92. The summed E-state index contributed by atoms with van der Waals surface area (Å²) in [4.78, 5) is 26.5. The number of hydrogen-bond donors (Lipinski definition) is 1. The summed E-state index contributed by atoms with van der Waals surface area (Å²) in [6.07, 6.45) is 2.10. The molecule has 2 aromatic rings. The van der Waals surface area contributed by atoms with E-state index in [1.165, 1.54) is 0 Å². The van der Waals surface area contributed by atoms with Crippen LogP contribution in [-0.2, 0) is 4.79 Å². The van der Waals surface area contributed by atoms with Crippen LogP contribution in [0.15, 0.2) is 48.5 Å². The van der Waals surface area contributed by atoms with Gasteiger partial charge in [0.1, 0.15) is 11.5 Å². The quantitative estimate of drug-likeness (QED) is 0.829. The lowest BCUT2D eigenvalue weighted by Gasteiger charge is -2.30. The van der Waals surface area contributed by atoms with Gasteiger partial charge < -0.3 is 19.7 Å². The number of piperidine rings is 1. The summed E-state index contributed by atoms with van der Waals surface area (Å²) < 4.78 is 10.5. The van der Waals surface area contributed by atoms with Crippen molar-refractivity contribution in [3.63, 3.8) is 0 Å². The molecule has 1 aliphatic heterocycles. The molecule has 0 aliphatic carbocycles. The van der Waals surface area contributed by atoms with Gasteiger partial charge in [0.25, 0.3) is 11.8 Å². The maximum atomic E-state index is 12.6. The molecule has 1 aliphatic rings. The molecule has 1 fully saturated rings. The number of nitrogens with zero attached hydrogens (tertiary/aromatic N) is 1. The molecule has 6 nitrogen and oxygen atoms in total. The van der Waals surface area contributed by atoms with Crippen LogP contribution in [0.25, 0.3) is 0 Å². The number of carbonyl (C=O) groups excluding carboxylic acids is 2. The number of nitrogens with one attached hydrogen (secondary N) is 1. The van der Waals surface area contributed by atoms with Gasteiger partial charge in [-0.05, 0) is 67.3 Å². The van der Waals surface area contributed by atoms with Gasteiger partial charge in [0.2, 0.25) is 0 Å². The lowest BCUT2D eigenvalue weighted by atomic mass is 9.98. The minimum absolute atomic E-state index is 0.0487. The number of hydrogen-bond acceptors (Lipinski definition) is 4. The number of rotatable bonds is 6. The van der Waals surface area contributed by atoms with Crippen LogP contribution in [0.3, 0.4) is 0 Å². The Hall–Kier alpha value is -3.02. The zero-order valence-corrected chi connectivity index (χ0v) is 16.3. The summed E-state index contributed by atoms with van der Waals surface area (Å²) in [5.74, 6) is 1.78. The van der Waals surface area contributed by atoms with Crippen molar-refractivity contribution >= 4 is 17.5 Å². The average molecular weight is 382 g/mol. The van der Waals surface area contributed by atoms with E-state index in [0.29, 0.717) is 22.9 Å². The van der Waals surface area contributed by atoms with Crippen LogP contribution in [0.5, 0.6) is 11.5 Å². The van der Waals surface area contributed by atoms with E-state index in [9.17, 15) is 9.59 Å². The fraction of sp³-hybridized carbons (Fsp3) is 0.364. The molecule has 0 spiro atoms. The van der Waals surface area contributed by atoms with Crippen LogP contribution < -0.4 is 14.8 Å². The van der Waals surface area contributed by atoms with Gasteiger partial charge in [-0.25, -0.2) is 0 Å². The second-order valence-electron chi connectivity index (χ2n) is 7.06. The van der Waals surface area contributed by atoms with Crippen molar-refractivity contribution in [1.29, 1.82) is 0 Å². The molecular formula is C22H26N2O4. The van der Waals surface area contributed by atoms with Gasteiger partial charge in [0.15, 0.2) is 6.61 Å². The normalized spacial score (nSPS) is 14.4.